The summed E-state index contributed by atoms with van der Waals surface area (Å²) in [5, 5.41) is 0. The van der Waals surface area contributed by atoms with Gasteiger partial charge in [0.25, 0.3) is 15.6 Å². The third-order valence-corrected chi connectivity index (χ3v) is 3.98. The molecule has 1 aromatic heterocycles. The maximum absolute atomic E-state index is 12.0. The van der Waals surface area contributed by atoms with Crippen LogP contribution in [0, 0.1) is 6.92 Å². The average molecular weight is 296 g/mol. The number of nitrogens with one attached hydrogen (secondary N) is 3. The molecule has 9 heteroatoms. The predicted octanol–water partition coefficient (Wildman–Crippen LogP) is -0.245. The molecule has 0 spiro atoms. The number of aromatic nitrogens is 2. The van der Waals surface area contributed by atoms with Crippen molar-refractivity contribution in [2.75, 3.05) is 10.5 Å². The lowest BCUT2D eigenvalue weighted by atomic mass is 10.2. The van der Waals surface area contributed by atoms with E-state index in [9.17, 15) is 18.0 Å². The van der Waals surface area contributed by atoms with E-state index in [1.165, 1.54) is 12.1 Å². The van der Waals surface area contributed by atoms with Crippen molar-refractivity contribution in [1.82, 2.24) is 9.97 Å². The van der Waals surface area contributed by atoms with Crippen LogP contribution in [0.4, 0.5) is 11.4 Å². The second kappa shape index (κ2) is 4.85. The van der Waals surface area contributed by atoms with Gasteiger partial charge in [-0.1, -0.05) is 0 Å². The number of hydrogen-bond acceptors (Lipinski definition) is 5. The zero-order valence-electron chi connectivity index (χ0n) is 10.4. The minimum absolute atomic E-state index is 0.266. The van der Waals surface area contributed by atoms with Crippen LogP contribution in [0.2, 0.25) is 0 Å². The maximum atomic E-state index is 12.0. The monoisotopic (exact) mass is 296 g/mol. The van der Waals surface area contributed by atoms with Crippen LogP contribution < -0.4 is 21.7 Å². The minimum atomic E-state index is -4.10. The quantitative estimate of drug-likeness (QED) is 0.579. The molecule has 0 saturated carbocycles. The van der Waals surface area contributed by atoms with E-state index in [-0.39, 0.29) is 5.69 Å². The van der Waals surface area contributed by atoms with Gasteiger partial charge in [0.05, 0.1) is 0 Å². The van der Waals surface area contributed by atoms with Crippen LogP contribution in [-0.2, 0) is 10.0 Å². The molecular formula is C11H12N4O4S. The first-order valence-electron chi connectivity index (χ1n) is 5.50. The fourth-order valence-corrected chi connectivity index (χ4v) is 2.60. The van der Waals surface area contributed by atoms with E-state index in [2.05, 4.69) is 9.71 Å². The number of aryl methyl sites for hydroxylation is 1. The SMILES string of the molecule is Cc1cc(NS(=O)(=O)c2c[nH]c(=O)[nH]c2=O)ccc1N. The lowest BCUT2D eigenvalue weighted by Crippen LogP contribution is -2.29. The summed E-state index contributed by atoms with van der Waals surface area (Å²) in [5.41, 5.74) is 5.34. The number of benzene rings is 1. The van der Waals surface area contributed by atoms with Crippen LogP contribution in [-0.4, -0.2) is 18.4 Å². The lowest BCUT2D eigenvalue weighted by Gasteiger charge is -2.08. The Balaban J connectivity index is 2.43. The first-order valence-corrected chi connectivity index (χ1v) is 6.99. The highest BCUT2D eigenvalue weighted by Gasteiger charge is 2.19. The first-order chi connectivity index (χ1) is 9.29. The van der Waals surface area contributed by atoms with E-state index in [0.29, 0.717) is 11.3 Å². The molecule has 0 radical (unpaired) electrons. The number of nitrogen functional groups attached to an aromatic ring is 1. The number of aromatic amines is 2. The number of nitrogens with two attached hydrogens (primary N) is 1. The molecule has 0 unspecified atom stereocenters. The number of anilines is 2. The van der Waals surface area contributed by atoms with Crippen molar-refractivity contribution in [3.05, 3.63) is 50.8 Å². The van der Waals surface area contributed by atoms with Gasteiger partial charge >= 0.3 is 5.69 Å². The molecule has 2 rings (SSSR count). The third-order valence-electron chi connectivity index (χ3n) is 2.60. The van der Waals surface area contributed by atoms with Crippen LogP contribution in [0.5, 0.6) is 0 Å². The second-order valence-corrected chi connectivity index (χ2v) is 5.76. The highest BCUT2D eigenvalue weighted by molar-refractivity contribution is 7.92. The zero-order valence-corrected chi connectivity index (χ0v) is 11.2. The van der Waals surface area contributed by atoms with Crippen molar-refractivity contribution in [2.24, 2.45) is 0 Å². The summed E-state index contributed by atoms with van der Waals surface area (Å²) < 4.78 is 26.3. The fraction of sp³-hybridized carbons (Fsp3) is 0.0909. The van der Waals surface area contributed by atoms with E-state index >= 15 is 0 Å². The normalized spacial score (nSPS) is 11.2. The molecule has 0 amide bonds. The Bertz CT molecular complexity index is 866. The number of sulfonamides is 1. The molecule has 1 heterocycles. The molecule has 1 aromatic carbocycles. The molecule has 0 bridgehead atoms. The van der Waals surface area contributed by atoms with Gasteiger partial charge in [0, 0.05) is 17.6 Å². The Morgan fingerprint density at radius 1 is 1.25 bits per heavy atom. The summed E-state index contributed by atoms with van der Waals surface area (Å²) in [6, 6.07) is 4.55. The molecule has 0 aliphatic carbocycles. The average Bonchev–Trinajstić information content (AvgIpc) is 2.33. The van der Waals surface area contributed by atoms with Gasteiger partial charge in [0.2, 0.25) is 0 Å². The Hall–Kier alpha value is -2.55. The summed E-state index contributed by atoms with van der Waals surface area (Å²) in [4.78, 5) is 25.7. The van der Waals surface area contributed by atoms with Crippen molar-refractivity contribution in [3.8, 4) is 0 Å². The highest BCUT2D eigenvalue weighted by Crippen LogP contribution is 2.18. The lowest BCUT2D eigenvalue weighted by molar-refractivity contribution is 0.599. The summed E-state index contributed by atoms with van der Waals surface area (Å²) in [5.74, 6) is 0. The predicted molar refractivity (Wildman–Crippen MR) is 74.1 cm³/mol. The third kappa shape index (κ3) is 2.72. The summed E-state index contributed by atoms with van der Waals surface area (Å²) in [6.45, 7) is 1.72. The van der Waals surface area contributed by atoms with E-state index in [4.69, 9.17) is 5.73 Å². The van der Waals surface area contributed by atoms with Crippen LogP contribution in [0.25, 0.3) is 0 Å². The standard InChI is InChI=1S/C11H12N4O4S/c1-6-4-7(2-3-8(6)12)15-20(18,19)9-5-13-11(17)14-10(9)16/h2-5,15H,12H2,1H3,(H2,13,14,16,17). The Labute approximate surface area is 113 Å². The number of hydrogen-bond donors (Lipinski definition) is 4. The highest BCUT2D eigenvalue weighted by atomic mass is 32.2. The van der Waals surface area contributed by atoms with Crippen LogP contribution in [0.15, 0.2) is 38.9 Å². The Kier molecular flexibility index (Phi) is 3.36. The molecule has 20 heavy (non-hydrogen) atoms. The fourth-order valence-electron chi connectivity index (χ4n) is 1.55. The van der Waals surface area contributed by atoms with Crippen molar-refractivity contribution < 1.29 is 8.42 Å². The molecular weight excluding hydrogens is 284 g/mol. The number of H-pyrrole nitrogens is 2. The molecule has 0 saturated heterocycles. The Morgan fingerprint density at radius 3 is 2.55 bits per heavy atom. The molecule has 0 fully saturated rings. The van der Waals surface area contributed by atoms with E-state index < -0.39 is 26.2 Å². The molecule has 106 valence electrons. The smallest absolute Gasteiger partial charge is 0.325 e. The Morgan fingerprint density at radius 2 is 1.95 bits per heavy atom. The molecule has 0 aliphatic heterocycles. The van der Waals surface area contributed by atoms with Gasteiger partial charge < -0.3 is 10.7 Å². The summed E-state index contributed by atoms with van der Waals surface area (Å²) >= 11 is 0. The maximum Gasteiger partial charge on any atom is 0.325 e. The van der Waals surface area contributed by atoms with Crippen LogP contribution in [0.1, 0.15) is 5.56 Å². The van der Waals surface area contributed by atoms with Crippen LogP contribution in [0.3, 0.4) is 0 Å². The molecule has 2 aromatic rings. The molecule has 8 nitrogen and oxygen atoms in total. The first kappa shape index (κ1) is 13.9. The van der Waals surface area contributed by atoms with Crippen LogP contribution >= 0.6 is 0 Å². The van der Waals surface area contributed by atoms with E-state index in [1.54, 1.807) is 13.0 Å². The molecule has 5 N–H and O–H groups in total. The van der Waals surface area contributed by atoms with Gasteiger partial charge in [0.15, 0.2) is 4.90 Å². The van der Waals surface area contributed by atoms with Gasteiger partial charge in [0.1, 0.15) is 0 Å². The minimum Gasteiger partial charge on any atom is -0.399 e. The molecule has 0 atom stereocenters. The second-order valence-electron chi connectivity index (χ2n) is 4.11. The van der Waals surface area contributed by atoms with Crippen molar-refractivity contribution >= 4 is 21.4 Å². The summed E-state index contributed by atoms with van der Waals surface area (Å²) in [6.07, 6.45) is 0.841. The van der Waals surface area contributed by atoms with Gasteiger partial charge in [-0.3, -0.25) is 14.5 Å². The topological polar surface area (TPSA) is 138 Å². The molecule has 0 aliphatic rings. The van der Waals surface area contributed by atoms with E-state index in [1.807, 2.05) is 4.98 Å². The van der Waals surface area contributed by atoms with E-state index in [0.717, 1.165) is 6.20 Å². The van der Waals surface area contributed by atoms with Crippen molar-refractivity contribution in [1.29, 1.82) is 0 Å². The zero-order chi connectivity index (χ0) is 14.9. The van der Waals surface area contributed by atoms with Crippen molar-refractivity contribution in [2.45, 2.75) is 11.8 Å². The van der Waals surface area contributed by atoms with Gasteiger partial charge in [-0.15, -0.1) is 0 Å². The van der Waals surface area contributed by atoms with Gasteiger partial charge in [-0.05, 0) is 30.7 Å². The van der Waals surface area contributed by atoms with Gasteiger partial charge in [-0.2, -0.15) is 0 Å². The largest absolute Gasteiger partial charge is 0.399 e. The number of rotatable bonds is 3. The summed E-state index contributed by atoms with van der Waals surface area (Å²) in [7, 11) is -4.10. The van der Waals surface area contributed by atoms with Crippen molar-refractivity contribution in [3.63, 3.8) is 0 Å². The van der Waals surface area contributed by atoms with Gasteiger partial charge in [-0.25, -0.2) is 13.2 Å².